The van der Waals surface area contributed by atoms with Crippen LogP contribution in [0.2, 0.25) is 0 Å². The second kappa shape index (κ2) is 7.33. The Hall–Kier alpha value is -1.61. The van der Waals surface area contributed by atoms with Gasteiger partial charge in [0, 0.05) is 15.2 Å². The number of cyclic esters (lactones) is 1. The highest BCUT2D eigenvalue weighted by molar-refractivity contribution is 7.12. The lowest BCUT2D eigenvalue weighted by molar-refractivity contribution is -0.137. The summed E-state index contributed by atoms with van der Waals surface area (Å²) in [4.78, 5) is 14.8. The highest BCUT2D eigenvalue weighted by atomic mass is 32.1. The molecule has 0 bridgehead atoms. The maximum absolute atomic E-state index is 11.6. The smallest absolute Gasteiger partial charge is 0.306 e. The maximum Gasteiger partial charge on any atom is 0.306 e. The third-order valence-corrected chi connectivity index (χ3v) is 8.41. The van der Waals surface area contributed by atoms with Crippen LogP contribution >= 0.6 is 11.3 Å². The third-order valence-electron chi connectivity index (χ3n) is 7.16. The molecular formula is C25H30O2S. The number of hydrogen-bond acceptors (Lipinski definition) is 3. The Morgan fingerprint density at radius 1 is 1.18 bits per heavy atom. The minimum atomic E-state index is 0.00539. The highest BCUT2D eigenvalue weighted by Crippen LogP contribution is 2.52. The summed E-state index contributed by atoms with van der Waals surface area (Å²) in [6.07, 6.45) is 11.6. The van der Waals surface area contributed by atoms with Gasteiger partial charge in [-0.1, -0.05) is 38.0 Å². The summed E-state index contributed by atoms with van der Waals surface area (Å²) in [5, 5.41) is 0. The van der Waals surface area contributed by atoms with Crippen molar-refractivity contribution in [2.45, 2.75) is 77.0 Å². The summed E-state index contributed by atoms with van der Waals surface area (Å²) in [5.41, 5.74) is 6.11. The largest absolute Gasteiger partial charge is 0.465 e. The molecule has 148 valence electrons. The van der Waals surface area contributed by atoms with Gasteiger partial charge in [-0.15, -0.1) is 11.3 Å². The Morgan fingerprint density at radius 2 is 2.11 bits per heavy atom. The monoisotopic (exact) mass is 394 g/mol. The summed E-state index contributed by atoms with van der Waals surface area (Å²) >= 11 is 2.05. The number of hydrogen-bond donors (Lipinski definition) is 0. The second-order valence-corrected chi connectivity index (χ2v) is 10.4. The molecule has 0 unspecified atom stereocenters. The zero-order valence-corrected chi connectivity index (χ0v) is 17.7. The highest BCUT2D eigenvalue weighted by Gasteiger charge is 2.46. The average Bonchev–Trinajstić information content (AvgIpc) is 3.40. The molecule has 1 spiro atoms. The van der Waals surface area contributed by atoms with Crippen molar-refractivity contribution in [1.29, 1.82) is 0 Å². The Bertz CT molecular complexity index is 896. The second-order valence-electron chi connectivity index (χ2n) is 9.20. The van der Waals surface area contributed by atoms with Gasteiger partial charge in [-0.2, -0.15) is 0 Å². The van der Waals surface area contributed by atoms with E-state index in [1.807, 2.05) is 11.3 Å². The standard InChI is InChI=1S/C25H30O2S/c1-2-3-4-5-20-13-22-21-8-6-17(12-18(21)7-9-23(22)28-20)19-10-11-25(14-19)15-24(26)27-16-25/h6,8,12-13,19H,2-5,7,9-11,14-16H2,1H3/t19-,25-/m0/s1. The Balaban J connectivity index is 1.35. The van der Waals surface area contributed by atoms with E-state index in [1.165, 1.54) is 67.2 Å². The molecular weight excluding hydrogens is 364 g/mol. The number of rotatable bonds is 5. The van der Waals surface area contributed by atoms with E-state index in [2.05, 4.69) is 31.2 Å². The van der Waals surface area contributed by atoms with Crippen LogP contribution in [0.25, 0.3) is 11.1 Å². The van der Waals surface area contributed by atoms with Crippen LogP contribution in [0.4, 0.5) is 0 Å². The number of carbonyl (C=O) groups is 1. The molecule has 2 heterocycles. The van der Waals surface area contributed by atoms with Gasteiger partial charge in [-0.3, -0.25) is 4.79 Å². The fourth-order valence-electron chi connectivity index (χ4n) is 5.58. The molecule has 2 fully saturated rings. The van der Waals surface area contributed by atoms with E-state index in [1.54, 1.807) is 9.75 Å². The van der Waals surface area contributed by atoms with Gasteiger partial charge in [0.05, 0.1) is 13.0 Å². The topological polar surface area (TPSA) is 26.3 Å². The normalized spacial score (nSPS) is 25.8. The third kappa shape index (κ3) is 3.32. The molecule has 1 saturated heterocycles. The van der Waals surface area contributed by atoms with E-state index in [9.17, 15) is 4.79 Å². The van der Waals surface area contributed by atoms with Gasteiger partial charge < -0.3 is 4.74 Å². The molecule has 1 aliphatic heterocycles. The molecule has 0 N–H and O–H groups in total. The van der Waals surface area contributed by atoms with Gasteiger partial charge in [-0.05, 0) is 79.2 Å². The molecule has 1 saturated carbocycles. The number of ether oxygens (including phenoxy) is 1. The maximum atomic E-state index is 11.6. The van der Waals surface area contributed by atoms with Crippen LogP contribution in [0.15, 0.2) is 24.3 Å². The zero-order valence-electron chi connectivity index (χ0n) is 16.9. The first-order valence-corrected chi connectivity index (χ1v) is 11.9. The number of fused-ring (bicyclic) bond motifs is 3. The number of thiophene rings is 1. The van der Waals surface area contributed by atoms with Gasteiger partial charge in [0.25, 0.3) is 0 Å². The van der Waals surface area contributed by atoms with Crippen LogP contribution in [0.1, 0.15) is 78.7 Å². The lowest BCUT2D eigenvalue weighted by Gasteiger charge is -2.21. The predicted octanol–water partition coefficient (Wildman–Crippen LogP) is 6.45. The quantitative estimate of drug-likeness (QED) is 0.430. The van der Waals surface area contributed by atoms with Crippen LogP contribution < -0.4 is 0 Å². The van der Waals surface area contributed by atoms with E-state index >= 15 is 0 Å². The molecule has 0 amide bonds. The molecule has 3 aliphatic rings. The Labute approximate surface area is 172 Å². The van der Waals surface area contributed by atoms with E-state index in [-0.39, 0.29) is 11.4 Å². The summed E-state index contributed by atoms with van der Waals surface area (Å²) in [7, 11) is 0. The molecule has 2 nitrogen and oxygen atoms in total. The van der Waals surface area contributed by atoms with Crippen molar-refractivity contribution >= 4 is 17.3 Å². The van der Waals surface area contributed by atoms with Gasteiger partial charge >= 0.3 is 5.97 Å². The van der Waals surface area contributed by atoms with Crippen LogP contribution in [0.3, 0.4) is 0 Å². The van der Waals surface area contributed by atoms with Crippen molar-refractivity contribution in [2.75, 3.05) is 6.61 Å². The summed E-state index contributed by atoms with van der Waals surface area (Å²) in [5.74, 6) is 0.596. The Morgan fingerprint density at radius 3 is 2.93 bits per heavy atom. The number of benzene rings is 1. The number of esters is 1. The van der Waals surface area contributed by atoms with E-state index in [0.29, 0.717) is 18.9 Å². The van der Waals surface area contributed by atoms with Crippen molar-refractivity contribution in [3.05, 3.63) is 45.1 Å². The molecule has 0 radical (unpaired) electrons. The van der Waals surface area contributed by atoms with Crippen LogP contribution in [-0.2, 0) is 28.8 Å². The van der Waals surface area contributed by atoms with Gasteiger partial charge in [0.2, 0.25) is 0 Å². The molecule has 2 aliphatic carbocycles. The van der Waals surface area contributed by atoms with Crippen LogP contribution in [0, 0.1) is 5.41 Å². The van der Waals surface area contributed by atoms with E-state index in [0.717, 1.165) is 12.8 Å². The summed E-state index contributed by atoms with van der Waals surface area (Å²) in [6, 6.07) is 9.70. The lowest BCUT2D eigenvalue weighted by atomic mass is 9.82. The first-order valence-electron chi connectivity index (χ1n) is 11.1. The van der Waals surface area contributed by atoms with Crippen molar-refractivity contribution in [1.82, 2.24) is 0 Å². The number of unbranched alkanes of at least 4 members (excludes halogenated alkanes) is 2. The van der Waals surface area contributed by atoms with Crippen molar-refractivity contribution in [3.63, 3.8) is 0 Å². The number of carbonyl (C=O) groups excluding carboxylic acids is 1. The molecule has 2 atom stereocenters. The van der Waals surface area contributed by atoms with Gasteiger partial charge in [0.15, 0.2) is 0 Å². The summed E-state index contributed by atoms with van der Waals surface area (Å²) < 4.78 is 5.30. The molecule has 28 heavy (non-hydrogen) atoms. The van der Waals surface area contributed by atoms with Gasteiger partial charge in [-0.25, -0.2) is 0 Å². The van der Waals surface area contributed by atoms with E-state index < -0.39 is 0 Å². The molecule has 1 aromatic carbocycles. The first kappa shape index (κ1) is 18.4. The van der Waals surface area contributed by atoms with Crippen LogP contribution in [-0.4, -0.2) is 12.6 Å². The molecule has 3 heteroatoms. The minimum absolute atomic E-state index is 0.00539. The zero-order chi connectivity index (χ0) is 19.1. The predicted molar refractivity (Wildman–Crippen MR) is 115 cm³/mol. The Kier molecular flexibility index (Phi) is 4.82. The molecule has 2 aromatic rings. The van der Waals surface area contributed by atoms with Crippen molar-refractivity contribution in [2.24, 2.45) is 5.41 Å². The SMILES string of the molecule is CCCCCc1cc2c(s1)CCc1cc([C@H]3CC[C@]4(COC(=O)C4)C3)ccc1-2. The van der Waals surface area contributed by atoms with Crippen LogP contribution in [0.5, 0.6) is 0 Å². The van der Waals surface area contributed by atoms with E-state index in [4.69, 9.17) is 4.74 Å². The fourth-order valence-corrected chi connectivity index (χ4v) is 6.80. The van der Waals surface area contributed by atoms with Gasteiger partial charge in [0.1, 0.15) is 0 Å². The fraction of sp³-hybridized carbons (Fsp3) is 0.560. The first-order chi connectivity index (χ1) is 13.7. The minimum Gasteiger partial charge on any atom is -0.465 e. The van der Waals surface area contributed by atoms with Crippen molar-refractivity contribution < 1.29 is 9.53 Å². The van der Waals surface area contributed by atoms with Crippen molar-refractivity contribution in [3.8, 4) is 11.1 Å². The molecule has 5 rings (SSSR count). The number of aryl methyl sites for hydroxylation is 3. The average molecular weight is 395 g/mol. The molecule has 1 aromatic heterocycles. The lowest BCUT2D eigenvalue weighted by Crippen LogP contribution is -2.16. The summed E-state index contributed by atoms with van der Waals surface area (Å²) in [6.45, 7) is 2.92.